The van der Waals surface area contributed by atoms with Crippen molar-refractivity contribution in [1.29, 1.82) is 0 Å². The minimum Gasteiger partial charge on any atom is -0.362 e. The number of hydrogen-bond acceptors (Lipinski definition) is 4. The molecule has 0 aromatic carbocycles. The van der Waals surface area contributed by atoms with Crippen LogP contribution in [0, 0.1) is 6.92 Å². The number of hydrogen-bond donors (Lipinski definition) is 1. The first-order chi connectivity index (χ1) is 8.70. The van der Waals surface area contributed by atoms with E-state index in [-0.39, 0.29) is 5.56 Å². The summed E-state index contributed by atoms with van der Waals surface area (Å²) in [6.45, 7) is 5.58. The zero-order valence-electron chi connectivity index (χ0n) is 10.6. The van der Waals surface area contributed by atoms with E-state index in [0.717, 1.165) is 28.7 Å². The van der Waals surface area contributed by atoms with E-state index in [0.29, 0.717) is 6.54 Å². The molecule has 0 saturated heterocycles. The maximum atomic E-state index is 11.8. The molecule has 5 heteroatoms. The Kier molecular flexibility index (Phi) is 4.15. The van der Waals surface area contributed by atoms with Crippen LogP contribution < -0.4 is 10.9 Å². The molecule has 2 heterocycles. The molecule has 0 atom stereocenters. The summed E-state index contributed by atoms with van der Waals surface area (Å²) in [7, 11) is 0. The van der Waals surface area contributed by atoms with Gasteiger partial charge >= 0.3 is 0 Å². The third-order valence-electron chi connectivity index (χ3n) is 2.66. The molecule has 0 amide bonds. The molecule has 2 rings (SSSR count). The summed E-state index contributed by atoms with van der Waals surface area (Å²) in [5, 5.41) is 4.17. The number of pyridine rings is 1. The second-order valence-electron chi connectivity index (χ2n) is 4.15. The lowest BCUT2D eigenvalue weighted by molar-refractivity contribution is 0.738. The zero-order chi connectivity index (χ0) is 13.0. The van der Waals surface area contributed by atoms with Gasteiger partial charge < -0.3 is 9.88 Å². The summed E-state index contributed by atoms with van der Waals surface area (Å²) in [4.78, 5) is 17.1. The van der Waals surface area contributed by atoms with Crippen LogP contribution in [0.25, 0.3) is 0 Å². The quantitative estimate of drug-likeness (QED) is 0.901. The van der Waals surface area contributed by atoms with Crippen molar-refractivity contribution in [3.63, 3.8) is 0 Å². The highest BCUT2D eigenvalue weighted by Gasteiger charge is 2.05. The van der Waals surface area contributed by atoms with Gasteiger partial charge in [-0.1, -0.05) is 13.0 Å². The molecule has 0 spiro atoms. The summed E-state index contributed by atoms with van der Waals surface area (Å²) in [6.07, 6.45) is 2.91. The Morgan fingerprint density at radius 2 is 2.28 bits per heavy atom. The first-order valence-corrected chi connectivity index (χ1v) is 6.87. The van der Waals surface area contributed by atoms with Gasteiger partial charge in [0.05, 0.1) is 6.54 Å². The van der Waals surface area contributed by atoms with Gasteiger partial charge in [0.2, 0.25) is 0 Å². The molecule has 0 aliphatic heterocycles. The van der Waals surface area contributed by atoms with Gasteiger partial charge in [-0.05, 0) is 19.4 Å². The molecular formula is C13H17N3OS. The highest BCUT2D eigenvalue weighted by Crippen LogP contribution is 2.18. The molecule has 0 aliphatic rings. The molecule has 0 saturated carbocycles. The minimum absolute atomic E-state index is 0.0338. The minimum atomic E-state index is 0.0338. The number of thiazole rings is 1. The fourth-order valence-corrected chi connectivity index (χ4v) is 2.50. The third kappa shape index (κ3) is 2.98. The van der Waals surface area contributed by atoms with Crippen LogP contribution in [0.2, 0.25) is 0 Å². The van der Waals surface area contributed by atoms with Crippen molar-refractivity contribution in [2.24, 2.45) is 0 Å². The Balaban J connectivity index is 2.14. The van der Waals surface area contributed by atoms with Crippen LogP contribution in [0.4, 0.5) is 5.13 Å². The van der Waals surface area contributed by atoms with Crippen molar-refractivity contribution in [1.82, 2.24) is 9.55 Å². The van der Waals surface area contributed by atoms with E-state index in [9.17, 15) is 4.79 Å². The fourth-order valence-electron chi connectivity index (χ4n) is 1.68. The highest BCUT2D eigenvalue weighted by atomic mass is 32.1. The summed E-state index contributed by atoms with van der Waals surface area (Å²) in [6, 6.07) is 5.32. The van der Waals surface area contributed by atoms with Crippen molar-refractivity contribution in [3.8, 4) is 0 Å². The Hall–Kier alpha value is -1.62. The van der Waals surface area contributed by atoms with E-state index in [2.05, 4.69) is 17.2 Å². The molecule has 0 aliphatic carbocycles. The van der Waals surface area contributed by atoms with E-state index in [4.69, 9.17) is 0 Å². The SMILES string of the molecule is CCCNc1ncc(Cn2c(C)cccc2=O)s1. The van der Waals surface area contributed by atoms with Gasteiger partial charge in [0.25, 0.3) is 5.56 Å². The second-order valence-corrected chi connectivity index (χ2v) is 5.27. The normalized spacial score (nSPS) is 10.6. The van der Waals surface area contributed by atoms with E-state index < -0.39 is 0 Å². The van der Waals surface area contributed by atoms with Crippen molar-refractivity contribution < 1.29 is 0 Å². The maximum Gasteiger partial charge on any atom is 0.251 e. The van der Waals surface area contributed by atoms with Gasteiger partial charge in [-0.3, -0.25) is 4.79 Å². The van der Waals surface area contributed by atoms with Crippen LogP contribution >= 0.6 is 11.3 Å². The maximum absolute atomic E-state index is 11.8. The molecular weight excluding hydrogens is 246 g/mol. The first kappa shape index (κ1) is 12.8. The zero-order valence-corrected chi connectivity index (χ0v) is 11.5. The Bertz CT molecular complexity index is 574. The monoisotopic (exact) mass is 263 g/mol. The predicted molar refractivity (Wildman–Crippen MR) is 75.4 cm³/mol. The van der Waals surface area contributed by atoms with Gasteiger partial charge in [-0.25, -0.2) is 4.98 Å². The number of rotatable bonds is 5. The van der Waals surface area contributed by atoms with Crippen molar-refractivity contribution in [3.05, 3.63) is 45.3 Å². The van der Waals surface area contributed by atoms with E-state index >= 15 is 0 Å². The summed E-state index contributed by atoms with van der Waals surface area (Å²) in [5.74, 6) is 0. The number of anilines is 1. The van der Waals surface area contributed by atoms with Crippen molar-refractivity contribution >= 4 is 16.5 Å². The largest absolute Gasteiger partial charge is 0.362 e. The van der Waals surface area contributed by atoms with Crippen LogP contribution in [-0.2, 0) is 6.54 Å². The van der Waals surface area contributed by atoms with Crippen LogP contribution in [-0.4, -0.2) is 16.1 Å². The van der Waals surface area contributed by atoms with Gasteiger partial charge in [0.15, 0.2) is 5.13 Å². The number of nitrogens with one attached hydrogen (secondary N) is 1. The fraction of sp³-hybridized carbons (Fsp3) is 0.385. The first-order valence-electron chi connectivity index (χ1n) is 6.05. The average molecular weight is 263 g/mol. The second kappa shape index (κ2) is 5.82. The number of nitrogens with zero attached hydrogens (tertiary/aromatic N) is 2. The van der Waals surface area contributed by atoms with Crippen LogP contribution in [0.3, 0.4) is 0 Å². The molecule has 18 heavy (non-hydrogen) atoms. The summed E-state index contributed by atoms with van der Waals surface area (Å²) < 4.78 is 1.76. The average Bonchev–Trinajstić information content (AvgIpc) is 2.79. The van der Waals surface area contributed by atoms with Gasteiger partial charge in [0, 0.05) is 29.4 Å². The molecule has 1 N–H and O–H groups in total. The predicted octanol–water partition coefficient (Wildman–Crippen LogP) is 2.48. The molecule has 2 aromatic heterocycles. The Morgan fingerprint density at radius 1 is 1.44 bits per heavy atom. The molecule has 0 bridgehead atoms. The Labute approximate surface area is 110 Å². The van der Waals surface area contributed by atoms with E-state index in [1.54, 1.807) is 28.0 Å². The molecule has 2 aromatic rings. The number of aryl methyl sites for hydroxylation is 1. The molecule has 0 radical (unpaired) electrons. The molecule has 4 nitrogen and oxygen atoms in total. The van der Waals surface area contributed by atoms with E-state index in [1.807, 2.05) is 19.2 Å². The molecule has 96 valence electrons. The lowest BCUT2D eigenvalue weighted by Gasteiger charge is -2.06. The Morgan fingerprint density at radius 3 is 3.00 bits per heavy atom. The van der Waals surface area contributed by atoms with Gasteiger partial charge in [0.1, 0.15) is 0 Å². The van der Waals surface area contributed by atoms with Gasteiger partial charge in [-0.2, -0.15) is 0 Å². The third-order valence-corrected chi connectivity index (χ3v) is 3.60. The lowest BCUT2D eigenvalue weighted by atomic mass is 10.3. The standard InChI is InChI=1S/C13H17N3OS/c1-3-7-14-13-15-8-11(18-13)9-16-10(2)5-4-6-12(16)17/h4-6,8H,3,7,9H2,1-2H3,(H,14,15). The smallest absolute Gasteiger partial charge is 0.251 e. The van der Waals surface area contributed by atoms with E-state index in [1.165, 1.54) is 0 Å². The lowest BCUT2D eigenvalue weighted by Crippen LogP contribution is -2.20. The highest BCUT2D eigenvalue weighted by molar-refractivity contribution is 7.15. The van der Waals surface area contributed by atoms with Crippen molar-refractivity contribution in [2.75, 3.05) is 11.9 Å². The number of aromatic nitrogens is 2. The van der Waals surface area contributed by atoms with Crippen LogP contribution in [0.15, 0.2) is 29.2 Å². The topological polar surface area (TPSA) is 46.9 Å². The van der Waals surface area contributed by atoms with Crippen molar-refractivity contribution in [2.45, 2.75) is 26.8 Å². The van der Waals surface area contributed by atoms with Crippen LogP contribution in [0.1, 0.15) is 23.9 Å². The summed E-state index contributed by atoms with van der Waals surface area (Å²) >= 11 is 1.60. The van der Waals surface area contributed by atoms with Crippen LogP contribution in [0.5, 0.6) is 0 Å². The molecule has 0 fully saturated rings. The van der Waals surface area contributed by atoms with Gasteiger partial charge in [-0.15, -0.1) is 11.3 Å². The summed E-state index contributed by atoms with van der Waals surface area (Å²) in [5.41, 5.74) is 1.01. The molecule has 0 unspecified atom stereocenters.